The third kappa shape index (κ3) is 4.19. The topological polar surface area (TPSA) is 73.6 Å². The van der Waals surface area contributed by atoms with Crippen LogP contribution in [0.25, 0.3) is 6.08 Å². The number of nitrogen functional groups attached to an aromatic ring is 1. The van der Waals surface area contributed by atoms with Gasteiger partial charge in [0.15, 0.2) is 0 Å². The van der Waals surface area contributed by atoms with Crippen molar-refractivity contribution in [2.75, 3.05) is 12.3 Å². The molecule has 25 heavy (non-hydrogen) atoms. The van der Waals surface area contributed by atoms with Crippen LogP contribution in [-0.4, -0.2) is 30.8 Å². The summed E-state index contributed by atoms with van der Waals surface area (Å²) in [5.41, 5.74) is 4.77. The molecule has 1 fully saturated rings. The second kappa shape index (κ2) is 6.76. The van der Waals surface area contributed by atoms with Crippen LogP contribution in [0.3, 0.4) is 0 Å². The summed E-state index contributed by atoms with van der Waals surface area (Å²) in [4.78, 5) is 11.3. The minimum absolute atomic E-state index is 0.0916. The van der Waals surface area contributed by atoms with Crippen LogP contribution in [0.5, 0.6) is 0 Å². The van der Waals surface area contributed by atoms with Crippen molar-refractivity contribution in [3.63, 3.8) is 0 Å². The molecule has 0 radical (unpaired) electrons. The van der Waals surface area contributed by atoms with E-state index >= 15 is 0 Å². The summed E-state index contributed by atoms with van der Waals surface area (Å²) in [5.74, 6) is -1.83. The van der Waals surface area contributed by atoms with Crippen molar-refractivity contribution in [2.45, 2.75) is 45.8 Å². The van der Waals surface area contributed by atoms with Gasteiger partial charge in [-0.25, -0.2) is 8.78 Å². The van der Waals surface area contributed by atoms with Crippen LogP contribution in [0.4, 0.5) is 14.5 Å². The third-order valence-electron chi connectivity index (χ3n) is 4.55. The number of nitrogens with one attached hydrogen (secondary N) is 1. The van der Waals surface area contributed by atoms with Crippen molar-refractivity contribution in [2.24, 2.45) is 0 Å². The first-order chi connectivity index (χ1) is 11.4. The Balaban J connectivity index is 2.40. The normalized spacial score (nSPS) is 19.2. The molecule has 1 aromatic rings. The van der Waals surface area contributed by atoms with Crippen molar-refractivity contribution in [3.8, 4) is 0 Å². The third-order valence-corrected chi connectivity index (χ3v) is 4.55. The zero-order chi connectivity index (χ0) is 19.0. The van der Waals surface area contributed by atoms with Gasteiger partial charge in [-0.2, -0.15) is 0 Å². The summed E-state index contributed by atoms with van der Waals surface area (Å²) in [6.45, 7) is 9.03. The Morgan fingerprint density at radius 3 is 2.28 bits per heavy atom. The van der Waals surface area contributed by atoms with E-state index in [2.05, 4.69) is 5.32 Å². The lowest BCUT2D eigenvalue weighted by molar-refractivity contribution is -0.118. The number of halogens is 2. The largest absolute Gasteiger partial charge is 0.492 e. The van der Waals surface area contributed by atoms with Gasteiger partial charge in [-0.1, -0.05) is 6.08 Å². The minimum atomic E-state index is -0.825. The quantitative estimate of drug-likeness (QED) is 0.646. The number of hydrogen-bond acceptors (Lipinski definition) is 4. The number of hydrogen-bond donors (Lipinski definition) is 2. The molecule has 5 nitrogen and oxygen atoms in total. The Hall–Kier alpha value is -1.93. The van der Waals surface area contributed by atoms with Gasteiger partial charge in [-0.05, 0) is 39.2 Å². The van der Waals surface area contributed by atoms with Crippen LogP contribution in [0.15, 0.2) is 17.6 Å². The van der Waals surface area contributed by atoms with Gasteiger partial charge in [-0.3, -0.25) is 4.79 Å². The number of nitrogens with two attached hydrogens (primary N) is 1. The molecule has 3 N–H and O–H groups in total. The summed E-state index contributed by atoms with van der Waals surface area (Å²) < 4.78 is 39.3. The molecule has 1 aliphatic heterocycles. The second-order valence-corrected chi connectivity index (χ2v) is 7.11. The zero-order valence-electron chi connectivity index (χ0n) is 15.1. The van der Waals surface area contributed by atoms with Gasteiger partial charge in [0.25, 0.3) is 0 Å². The standard InChI is InChI=1S/C17H23BF2N2O3/c1-10(23)22-9-12(18-24-16(2,3)17(4,5)25-18)6-11-7-15(21)14(20)8-13(11)19/h6-8H,9,21H2,1-5H3,(H,22,23). The highest BCUT2D eigenvalue weighted by molar-refractivity contribution is 6.56. The van der Waals surface area contributed by atoms with E-state index in [1.165, 1.54) is 19.1 Å². The Morgan fingerprint density at radius 2 is 1.76 bits per heavy atom. The molecule has 1 saturated heterocycles. The number of benzene rings is 1. The van der Waals surface area contributed by atoms with Gasteiger partial charge in [0.05, 0.1) is 16.9 Å². The lowest BCUT2D eigenvalue weighted by Gasteiger charge is -2.32. The molecule has 2 rings (SSSR count). The average molecular weight is 352 g/mol. The van der Waals surface area contributed by atoms with Crippen molar-refractivity contribution in [3.05, 3.63) is 34.8 Å². The monoisotopic (exact) mass is 352 g/mol. The van der Waals surface area contributed by atoms with Crippen molar-refractivity contribution >= 4 is 24.8 Å². The number of carbonyl (C=O) groups excluding carboxylic acids is 1. The van der Waals surface area contributed by atoms with E-state index in [1.54, 1.807) is 0 Å². The lowest BCUT2D eigenvalue weighted by atomic mass is 9.77. The Kier molecular flexibility index (Phi) is 5.25. The first kappa shape index (κ1) is 19.4. The van der Waals surface area contributed by atoms with Crippen LogP contribution < -0.4 is 11.1 Å². The van der Waals surface area contributed by atoms with Crippen LogP contribution in [-0.2, 0) is 14.1 Å². The highest BCUT2D eigenvalue weighted by Gasteiger charge is 2.52. The number of rotatable bonds is 4. The summed E-state index contributed by atoms with van der Waals surface area (Å²) in [6, 6.07) is 1.92. The maximum Gasteiger partial charge on any atom is 0.492 e. The van der Waals surface area contributed by atoms with Crippen molar-refractivity contribution in [1.29, 1.82) is 0 Å². The van der Waals surface area contributed by atoms with E-state index in [0.29, 0.717) is 5.47 Å². The molecule has 0 atom stereocenters. The van der Waals surface area contributed by atoms with E-state index in [9.17, 15) is 13.6 Å². The molecule has 136 valence electrons. The molecule has 0 bridgehead atoms. The van der Waals surface area contributed by atoms with Gasteiger partial charge in [0, 0.05) is 25.1 Å². The summed E-state index contributed by atoms with van der Waals surface area (Å²) in [6.07, 6.45) is 1.46. The molecular formula is C17H23BF2N2O3. The van der Waals surface area contributed by atoms with Crippen molar-refractivity contribution in [1.82, 2.24) is 5.32 Å². The number of carbonyl (C=O) groups is 1. The predicted molar refractivity (Wildman–Crippen MR) is 93.5 cm³/mol. The summed E-state index contributed by atoms with van der Waals surface area (Å²) in [7, 11) is -0.775. The van der Waals surface area contributed by atoms with E-state index in [0.717, 1.165) is 6.07 Å². The summed E-state index contributed by atoms with van der Waals surface area (Å²) in [5, 5.41) is 2.65. The molecule has 0 unspecified atom stereocenters. The fourth-order valence-electron chi connectivity index (χ4n) is 2.32. The zero-order valence-corrected chi connectivity index (χ0v) is 15.1. The fraction of sp³-hybridized carbons (Fsp3) is 0.471. The molecule has 1 aromatic carbocycles. The smallest absolute Gasteiger partial charge is 0.400 e. The summed E-state index contributed by atoms with van der Waals surface area (Å²) >= 11 is 0. The molecule has 0 saturated carbocycles. The SMILES string of the molecule is CC(=O)NCC(=Cc1cc(N)c(F)cc1F)B1OC(C)(C)C(C)(C)O1. The van der Waals surface area contributed by atoms with Gasteiger partial charge in [-0.15, -0.1) is 0 Å². The molecule has 1 heterocycles. The van der Waals surface area contributed by atoms with Gasteiger partial charge < -0.3 is 20.4 Å². The van der Waals surface area contributed by atoms with Crippen LogP contribution in [0, 0.1) is 11.6 Å². The molecule has 0 aliphatic carbocycles. The molecule has 0 aromatic heterocycles. The second-order valence-electron chi connectivity index (χ2n) is 7.11. The number of amides is 1. The highest BCUT2D eigenvalue weighted by Crippen LogP contribution is 2.38. The minimum Gasteiger partial charge on any atom is -0.400 e. The van der Waals surface area contributed by atoms with E-state index in [-0.39, 0.29) is 23.7 Å². The molecule has 1 amide bonds. The fourth-order valence-corrected chi connectivity index (χ4v) is 2.32. The maximum atomic E-state index is 14.1. The van der Waals surface area contributed by atoms with E-state index in [4.69, 9.17) is 15.0 Å². The van der Waals surface area contributed by atoms with Crippen LogP contribution >= 0.6 is 0 Å². The van der Waals surface area contributed by atoms with Gasteiger partial charge >= 0.3 is 7.12 Å². The van der Waals surface area contributed by atoms with Crippen LogP contribution in [0.1, 0.15) is 40.2 Å². The van der Waals surface area contributed by atoms with Crippen LogP contribution in [0.2, 0.25) is 0 Å². The first-order valence-electron chi connectivity index (χ1n) is 7.98. The average Bonchev–Trinajstić information content (AvgIpc) is 2.68. The molecule has 0 spiro atoms. The molecular weight excluding hydrogens is 329 g/mol. The van der Waals surface area contributed by atoms with Crippen molar-refractivity contribution < 1.29 is 22.9 Å². The molecule has 1 aliphatic rings. The predicted octanol–water partition coefficient (Wildman–Crippen LogP) is 2.70. The Labute approximate surface area is 146 Å². The first-order valence-corrected chi connectivity index (χ1v) is 7.98. The Morgan fingerprint density at radius 1 is 1.20 bits per heavy atom. The number of anilines is 1. The highest BCUT2D eigenvalue weighted by atomic mass is 19.1. The maximum absolute atomic E-state index is 14.1. The Bertz CT molecular complexity index is 704. The van der Waals surface area contributed by atoms with E-state index in [1.807, 2.05) is 27.7 Å². The molecule has 8 heteroatoms. The van der Waals surface area contributed by atoms with E-state index < -0.39 is 30.0 Å². The van der Waals surface area contributed by atoms with Gasteiger partial charge in [0.2, 0.25) is 5.91 Å². The van der Waals surface area contributed by atoms with Gasteiger partial charge in [0.1, 0.15) is 11.6 Å². The lowest BCUT2D eigenvalue weighted by Crippen LogP contribution is -2.41.